The number of aromatic nitrogens is 2. The van der Waals surface area contributed by atoms with Gasteiger partial charge < -0.3 is 15.0 Å². The molecule has 0 spiro atoms. The molecular weight excluding hydrogens is 394 g/mol. The predicted octanol–water partition coefficient (Wildman–Crippen LogP) is 3.17. The van der Waals surface area contributed by atoms with Gasteiger partial charge in [-0.1, -0.05) is 29.8 Å². The fraction of sp³-hybridized carbons (Fsp3) is 0.429. The molecule has 1 aromatic carbocycles. The van der Waals surface area contributed by atoms with Crippen LogP contribution in [0.25, 0.3) is 0 Å². The van der Waals surface area contributed by atoms with E-state index in [4.69, 9.17) is 16.3 Å². The topological polar surface area (TPSA) is 101 Å². The van der Waals surface area contributed by atoms with Crippen LogP contribution in [-0.2, 0) is 20.7 Å². The summed E-state index contributed by atoms with van der Waals surface area (Å²) in [6, 6.07) is 6.39. The fourth-order valence-corrected chi connectivity index (χ4v) is 3.29. The van der Waals surface area contributed by atoms with Gasteiger partial charge in [-0.3, -0.25) is 14.4 Å². The third kappa shape index (κ3) is 6.71. The summed E-state index contributed by atoms with van der Waals surface area (Å²) in [4.78, 5) is 43.7. The minimum Gasteiger partial charge on any atom is -0.463 e. The van der Waals surface area contributed by atoms with Gasteiger partial charge >= 0.3 is 5.97 Å². The Labute approximate surface area is 174 Å². The highest BCUT2D eigenvalue weighted by Gasteiger charge is 2.22. The standard InChI is InChI=1S/C21H26ClN3O4/c1-12(2)29-20(27)11-18(16-7-5-6-8-17(16)22)25-19(26)10-9-15-13(3)23-14(4)24-21(15)28/h5-8,12,18H,9-11H2,1-4H3,(H,25,26)(H,23,24,28). The number of benzene rings is 1. The first kappa shape index (κ1) is 22.6. The number of hydrogen-bond acceptors (Lipinski definition) is 5. The van der Waals surface area contributed by atoms with Crippen molar-refractivity contribution >= 4 is 23.5 Å². The third-order valence-corrected chi connectivity index (χ3v) is 4.64. The van der Waals surface area contributed by atoms with Gasteiger partial charge in [0.25, 0.3) is 5.56 Å². The molecule has 1 atom stereocenters. The molecule has 156 valence electrons. The van der Waals surface area contributed by atoms with Crippen molar-refractivity contribution in [2.24, 2.45) is 0 Å². The smallest absolute Gasteiger partial charge is 0.308 e. The van der Waals surface area contributed by atoms with Crippen molar-refractivity contribution in [2.45, 2.75) is 59.1 Å². The number of esters is 1. The third-order valence-electron chi connectivity index (χ3n) is 4.30. The van der Waals surface area contributed by atoms with Gasteiger partial charge in [0.1, 0.15) is 5.82 Å². The normalized spacial score (nSPS) is 11.9. The molecule has 1 unspecified atom stereocenters. The highest BCUT2D eigenvalue weighted by molar-refractivity contribution is 6.31. The Hall–Kier alpha value is -2.67. The lowest BCUT2D eigenvalue weighted by molar-refractivity contribution is -0.148. The van der Waals surface area contributed by atoms with E-state index in [9.17, 15) is 14.4 Å². The van der Waals surface area contributed by atoms with Crippen molar-refractivity contribution in [1.29, 1.82) is 0 Å². The molecule has 8 heteroatoms. The number of aryl methyl sites for hydroxylation is 2. The highest BCUT2D eigenvalue weighted by atomic mass is 35.5. The van der Waals surface area contributed by atoms with Gasteiger partial charge in [0.05, 0.1) is 18.6 Å². The van der Waals surface area contributed by atoms with Crippen LogP contribution in [0, 0.1) is 13.8 Å². The van der Waals surface area contributed by atoms with E-state index in [0.717, 1.165) is 0 Å². The molecular formula is C21H26ClN3O4. The van der Waals surface area contributed by atoms with Crippen molar-refractivity contribution < 1.29 is 14.3 Å². The van der Waals surface area contributed by atoms with Crippen LogP contribution >= 0.6 is 11.6 Å². The number of carbonyl (C=O) groups is 2. The molecule has 0 saturated heterocycles. The Morgan fingerprint density at radius 3 is 2.55 bits per heavy atom. The Bertz CT molecular complexity index is 940. The first-order valence-corrected chi connectivity index (χ1v) is 9.84. The molecule has 1 aromatic heterocycles. The van der Waals surface area contributed by atoms with E-state index in [-0.39, 0.29) is 36.8 Å². The van der Waals surface area contributed by atoms with E-state index in [1.807, 2.05) is 0 Å². The number of aromatic amines is 1. The first-order chi connectivity index (χ1) is 13.7. The molecule has 2 aromatic rings. The van der Waals surface area contributed by atoms with Crippen LogP contribution in [0.3, 0.4) is 0 Å². The van der Waals surface area contributed by atoms with Crippen LogP contribution in [0.1, 0.15) is 55.4 Å². The molecule has 1 heterocycles. The van der Waals surface area contributed by atoms with E-state index in [1.54, 1.807) is 52.0 Å². The SMILES string of the molecule is Cc1nc(C)c(CCC(=O)NC(CC(=O)OC(C)C)c2ccccc2Cl)c(=O)[nH]1. The van der Waals surface area contributed by atoms with Gasteiger partial charge in [-0.2, -0.15) is 0 Å². The van der Waals surface area contributed by atoms with Gasteiger partial charge in [0.15, 0.2) is 0 Å². The van der Waals surface area contributed by atoms with Gasteiger partial charge in [-0.15, -0.1) is 0 Å². The summed E-state index contributed by atoms with van der Waals surface area (Å²) in [6.07, 6.45) is 0.0222. The number of halogens is 1. The molecule has 2 rings (SSSR count). The van der Waals surface area contributed by atoms with Crippen LogP contribution in [-0.4, -0.2) is 27.9 Å². The summed E-state index contributed by atoms with van der Waals surface area (Å²) < 4.78 is 5.21. The quantitative estimate of drug-likeness (QED) is 0.640. The molecule has 0 radical (unpaired) electrons. The number of carbonyl (C=O) groups excluding carboxylic acids is 2. The number of ether oxygens (including phenoxy) is 1. The highest BCUT2D eigenvalue weighted by Crippen LogP contribution is 2.26. The summed E-state index contributed by atoms with van der Waals surface area (Å²) in [7, 11) is 0. The van der Waals surface area contributed by atoms with Crippen LogP contribution in [0.5, 0.6) is 0 Å². The van der Waals surface area contributed by atoms with Crippen molar-refractivity contribution in [3.8, 4) is 0 Å². The lowest BCUT2D eigenvalue weighted by Crippen LogP contribution is -2.32. The number of hydrogen-bond donors (Lipinski definition) is 2. The van der Waals surface area contributed by atoms with Gasteiger partial charge in [-0.05, 0) is 45.7 Å². The Kier molecular flexibility index (Phi) is 7.96. The average Bonchev–Trinajstić information content (AvgIpc) is 2.60. The largest absolute Gasteiger partial charge is 0.463 e. The first-order valence-electron chi connectivity index (χ1n) is 9.47. The second-order valence-electron chi connectivity index (χ2n) is 7.10. The van der Waals surface area contributed by atoms with Crippen LogP contribution in [0.2, 0.25) is 5.02 Å². The van der Waals surface area contributed by atoms with E-state index in [2.05, 4.69) is 15.3 Å². The van der Waals surface area contributed by atoms with Crippen molar-refractivity contribution in [1.82, 2.24) is 15.3 Å². The van der Waals surface area contributed by atoms with Crippen molar-refractivity contribution in [3.63, 3.8) is 0 Å². The summed E-state index contributed by atoms with van der Waals surface area (Å²) in [5.41, 5.74) is 1.46. The molecule has 2 N–H and O–H groups in total. The monoisotopic (exact) mass is 419 g/mol. The maximum Gasteiger partial charge on any atom is 0.308 e. The number of amides is 1. The van der Waals surface area contributed by atoms with E-state index < -0.39 is 12.0 Å². The maximum atomic E-state index is 12.6. The lowest BCUT2D eigenvalue weighted by Gasteiger charge is -2.20. The second kappa shape index (κ2) is 10.2. The Morgan fingerprint density at radius 2 is 1.93 bits per heavy atom. The maximum absolute atomic E-state index is 12.6. The molecule has 0 aliphatic rings. The summed E-state index contributed by atoms with van der Waals surface area (Å²) in [5, 5.41) is 3.29. The van der Waals surface area contributed by atoms with Crippen LogP contribution < -0.4 is 10.9 Å². The van der Waals surface area contributed by atoms with Gasteiger partial charge in [0, 0.05) is 22.7 Å². The summed E-state index contributed by atoms with van der Waals surface area (Å²) in [5.74, 6) is -0.199. The molecule has 29 heavy (non-hydrogen) atoms. The second-order valence-corrected chi connectivity index (χ2v) is 7.51. The molecule has 7 nitrogen and oxygen atoms in total. The zero-order valence-corrected chi connectivity index (χ0v) is 17.8. The molecule has 0 bridgehead atoms. The number of nitrogens with zero attached hydrogens (tertiary/aromatic N) is 1. The molecule has 1 amide bonds. The summed E-state index contributed by atoms with van der Waals surface area (Å²) >= 11 is 6.26. The predicted molar refractivity (Wildman–Crippen MR) is 111 cm³/mol. The van der Waals surface area contributed by atoms with Crippen molar-refractivity contribution in [2.75, 3.05) is 0 Å². The number of H-pyrrole nitrogens is 1. The molecule has 0 aliphatic carbocycles. The minimum absolute atomic E-state index is 0.0423. The van der Waals surface area contributed by atoms with Crippen molar-refractivity contribution in [3.05, 3.63) is 62.3 Å². The van der Waals surface area contributed by atoms with Gasteiger partial charge in [-0.25, -0.2) is 4.98 Å². The minimum atomic E-state index is -0.627. The molecule has 0 fully saturated rings. The van der Waals surface area contributed by atoms with E-state index in [1.165, 1.54) is 0 Å². The molecule has 0 aliphatic heterocycles. The molecule has 0 saturated carbocycles. The summed E-state index contributed by atoms with van der Waals surface area (Å²) in [6.45, 7) is 6.96. The zero-order valence-electron chi connectivity index (χ0n) is 17.0. The Morgan fingerprint density at radius 1 is 1.24 bits per heavy atom. The van der Waals surface area contributed by atoms with E-state index >= 15 is 0 Å². The van der Waals surface area contributed by atoms with E-state index in [0.29, 0.717) is 27.7 Å². The Balaban J connectivity index is 2.12. The fourth-order valence-electron chi connectivity index (χ4n) is 3.02. The lowest BCUT2D eigenvalue weighted by atomic mass is 10.0. The number of nitrogens with one attached hydrogen (secondary N) is 2. The van der Waals surface area contributed by atoms with Crippen LogP contribution in [0.15, 0.2) is 29.1 Å². The van der Waals surface area contributed by atoms with Crippen LogP contribution in [0.4, 0.5) is 0 Å². The average molecular weight is 420 g/mol. The van der Waals surface area contributed by atoms with Gasteiger partial charge in [0.2, 0.25) is 5.91 Å². The number of rotatable bonds is 8. The zero-order chi connectivity index (χ0) is 21.6.